The van der Waals surface area contributed by atoms with Crippen molar-refractivity contribution in [1.29, 1.82) is 0 Å². The number of benzene rings is 1. The molecule has 0 radical (unpaired) electrons. The number of nitrogens with one attached hydrogen (secondary N) is 2. The van der Waals surface area contributed by atoms with Gasteiger partial charge < -0.3 is 10.6 Å². The van der Waals surface area contributed by atoms with Gasteiger partial charge in [0.25, 0.3) is 0 Å². The molecule has 0 aliphatic rings. The molecule has 1 aromatic rings. The highest BCUT2D eigenvalue weighted by Gasteiger charge is 2.04. The van der Waals surface area contributed by atoms with Gasteiger partial charge in [0.2, 0.25) is 0 Å². The summed E-state index contributed by atoms with van der Waals surface area (Å²) in [5.41, 5.74) is 0.816. The fourth-order valence-electron chi connectivity index (χ4n) is 1.03. The van der Waals surface area contributed by atoms with Crippen LogP contribution in [-0.4, -0.2) is 12.1 Å². The maximum Gasteiger partial charge on any atom is 0.319 e. The first-order valence-corrected chi connectivity index (χ1v) is 6.02. The Kier molecular flexibility index (Phi) is 4.87. The molecule has 4 heteroatoms. The molecule has 0 aliphatic carbocycles. The van der Waals surface area contributed by atoms with Crippen molar-refractivity contribution in [1.82, 2.24) is 5.32 Å². The number of carbonyl (C=O) groups excluding carboxylic acids is 1. The standard InChI is InChI=1S/C11H15IN2O/c1-3-8(2)13-11(15)14-10-6-4-9(12)5-7-10/h4-8H,3H2,1-2H3,(H2,13,14,15). The van der Waals surface area contributed by atoms with Crippen LogP contribution in [0.1, 0.15) is 20.3 Å². The third-order valence-corrected chi connectivity index (χ3v) is 2.81. The number of halogens is 1. The van der Waals surface area contributed by atoms with Crippen LogP contribution in [0.15, 0.2) is 24.3 Å². The van der Waals surface area contributed by atoms with Crippen LogP contribution in [0.5, 0.6) is 0 Å². The average Bonchev–Trinajstić information content (AvgIpc) is 2.21. The van der Waals surface area contributed by atoms with Crippen LogP contribution in [0.4, 0.5) is 10.5 Å². The van der Waals surface area contributed by atoms with Crippen LogP contribution in [0, 0.1) is 3.57 Å². The van der Waals surface area contributed by atoms with Gasteiger partial charge in [0.15, 0.2) is 0 Å². The fourth-order valence-corrected chi connectivity index (χ4v) is 1.39. The average molecular weight is 318 g/mol. The Morgan fingerprint density at radius 3 is 2.53 bits per heavy atom. The summed E-state index contributed by atoms with van der Waals surface area (Å²) in [6.45, 7) is 4.02. The zero-order chi connectivity index (χ0) is 11.3. The Labute approximate surface area is 104 Å². The highest BCUT2D eigenvalue weighted by Crippen LogP contribution is 2.10. The van der Waals surface area contributed by atoms with E-state index < -0.39 is 0 Å². The molecule has 0 saturated heterocycles. The van der Waals surface area contributed by atoms with E-state index in [-0.39, 0.29) is 12.1 Å². The number of amides is 2. The number of hydrogen-bond acceptors (Lipinski definition) is 1. The molecule has 82 valence electrons. The molecule has 1 rings (SSSR count). The van der Waals surface area contributed by atoms with E-state index in [1.807, 2.05) is 38.1 Å². The summed E-state index contributed by atoms with van der Waals surface area (Å²) in [5, 5.41) is 5.62. The van der Waals surface area contributed by atoms with E-state index in [1.54, 1.807) is 0 Å². The van der Waals surface area contributed by atoms with Crippen molar-refractivity contribution in [3.63, 3.8) is 0 Å². The molecule has 1 unspecified atom stereocenters. The van der Waals surface area contributed by atoms with Crippen molar-refractivity contribution in [2.45, 2.75) is 26.3 Å². The van der Waals surface area contributed by atoms with E-state index in [0.29, 0.717) is 0 Å². The normalized spacial score (nSPS) is 11.9. The predicted octanol–water partition coefficient (Wildman–Crippen LogP) is 3.21. The lowest BCUT2D eigenvalue weighted by Gasteiger charge is -2.12. The first kappa shape index (κ1) is 12.3. The quantitative estimate of drug-likeness (QED) is 0.826. The van der Waals surface area contributed by atoms with E-state index >= 15 is 0 Å². The molecule has 0 aliphatic heterocycles. The second-order valence-electron chi connectivity index (χ2n) is 3.41. The summed E-state index contributed by atoms with van der Waals surface area (Å²) in [4.78, 5) is 11.4. The largest absolute Gasteiger partial charge is 0.335 e. The third-order valence-electron chi connectivity index (χ3n) is 2.09. The summed E-state index contributed by atoms with van der Waals surface area (Å²) in [6, 6.07) is 7.74. The van der Waals surface area contributed by atoms with Gasteiger partial charge in [0.05, 0.1) is 0 Å². The molecule has 0 heterocycles. The molecule has 0 spiro atoms. The van der Waals surface area contributed by atoms with E-state index in [9.17, 15) is 4.79 Å². The topological polar surface area (TPSA) is 41.1 Å². The summed E-state index contributed by atoms with van der Waals surface area (Å²) >= 11 is 2.23. The minimum atomic E-state index is -0.148. The molecular formula is C11H15IN2O. The van der Waals surface area contributed by atoms with Gasteiger partial charge in [-0.3, -0.25) is 0 Å². The smallest absolute Gasteiger partial charge is 0.319 e. The zero-order valence-electron chi connectivity index (χ0n) is 8.88. The van der Waals surface area contributed by atoms with Crippen molar-refractivity contribution >= 4 is 34.3 Å². The fraction of sp³-hybridized carbons (Fsp3) is 0.364. The molecule has 1 atom stereocenters. The Morgan fingerprint density at radius 2 is 2.00 bits per heavy atom. The van der Waals surface area contributed by atoms with E-state index in [2.05, 4.69) is 33.2 Å². The van der Waals surface area contributed by atoms with E-state index in [4.69, 9.17) is 0 Å². The molecular weight excluding hydrogens is 303 g/mol. The third kappa shape index (κ3) is 4.51. The lowest BCUT2D eigenvalue weighted by atomic mass is 10.3. The van der Waals surface area contributed by atoms with E-state index in [0.717, 1.165) is 15.7 Å². The number of rotatable bonds is 3. The lowest BCUT2D eigenvalue weighted by molar-refractivity contribution is 0.249. The zero-order valence-corrected chi connectivity index (χ0v) is 11.0. The van der Waals surface area contributed by atoms with Gasteiger partial charge in [-0.2, -0.15) is 0 Å². The summed E-state index contributed by atoms with van der Waals surface area (Å²) in [7, 11) is 0. The minimum Gasteiger partial charge on any atom is -0.335 e. The Bertz CT molecular complexity index is 324. The van der Waals surface area contributed by atoms with E-state index in [1.165, 1.54) is 0 Å². The Balaban J connectivity index is 2.48. The van der Waals surface area contributed by atoms with Gasteiger partial charge in [0, 0.05) is 15.3 Å². The molecule has 2 N–H and O–H groups in total. The van der Waals surface area contributed by atoms with Crippen LogP contribution < -0.4 is 10.6 Å². The van der Waals surface area contributed by atoms with Crippen LogP contribution in [0.3, 0.4) is 0 Å². The second-order valence-corrected chi connectivity index (χ2v) is 4.66. The lowest BCUT2D eigenvalue weighted by Crippen LogP contribution is -2.35. The molecule has 0 saturated carbocycles. The number of carbonyl (C=O) groups is 1. The van der Waals surface area contributed by atoms with Crippen molar-refractivity contribution in [2.75, 3.05) is 5.32 Å². The summed E-state index contributed by atoms with van der Waals surface area (Å²) in [5.74, 6) is 0. The van der Waals surface area contributed by atoms with Gasteiger partial charge in [-0.1, -0.05) is 6.92 Å². The second kappa shape index (κ2) is 5.95. The maximum atomic E-state index is 11.4. The van der Waals surface area contributed by atoms with Gasteiger partial charge in [-0.15, -0.1) is 0 Å². The van der Waals surface area contributed by atoms with Crippen molar-refractivity contribution < 1.29 is 4.79 Å². The van der Waals surface area contributed by atoms with Crippen molar-refractivity contribution in [2.24, 2.45) is 0 Å². The van der Waals surface area contributed by atoms with Gasteiger partial charge in [-0.05, 0) is 60.2 Å². The molecule has 3 nitrogen and oxygen atoms in total. The van der Waals surface area contributed by atoms with Gasteiger partial charge >= 0.3 is 6.03 Å². The molecule has 0 fully saturated rings. The van der Waals surface area contributed by atoms with Crippen LogP contribution >= 0.6 is 22.6 Å². The van der Waals surface area contributed by atoms with Crippen molar-refractivity contribution in [3.8, 4) is 0 Å². The number of urea groups is 1. The predicted molar refractivity (Wildman–Crippen MR) is 71.1 cm³/mol. The highest BCUT2D eigenvalue weighted by atomic mass is 127. The Hall–Kier alpha value is -0.780. The SMILES string of the molecule is CCC(C)NC(=O)Nc1ccc(I)cc1. The molecule has 15 heavy (non-hydrogen) atoms. The monoisotopic (exact) mass is 318 g/mol. The summed E-state index contributed by atoms with van der Waals surface area (Å²) < 4.78 is 1.15. The number of hydrogen-bond donors (Lipinski definition) is 2. The van der Waals surface area contributed by atoms with Gasteiger partial charge in [0.1, 0.15) is 0 Å². The molecule has 0 bridgehead atoms. The highest BCUT2D eigenvalue weighted by molar-refractivity contribution is 14.1. The summed E-state index contributed by atoms with van der Waals surface area (Å²) in [6.07, 6.45) is 0.931. The van der Waals surface area contributed by atoms with Crippen LogP contribution in [0.2, 0.25) is 0 Å². The van der Waals surface area contributed by atoms with Crippen LogP contribution in [-0.2, 0) is 0 Å². The molecule has 0 aromatic heterocycles. The minimum absolute atomic E-state index is 0.148. The molecule has 1 aromatic carbocycles. The first-order valence-electron chi connectivity index (χ1n) is 4.95. The first-order chi connectivity index (χ1) is 7.11. The number of anilines is 1. The Morgan fingerprint density at radius 1 is 1.40 bits per heavy atom. The maximum absolute atomic E-state index is 11.4. The van der Waals surface area contributed by atoms with Gasteiger partial charge in [-0.25, -0.2) is 4.79 Å². The molecule has 2 amide bonds. The van der Waals surface area contributed by atoms with Crippen molar-refractivity contribution in [3.05, 3.63) is 27.8 Å². The van der Waals surface area contributed by atoms with Crippen LogP contribution in [0.25, 0.3) is 0 Å².